The molecule has 6 aromatic carbocycles. The van der Waals surface area contributed by atoms with Gasteiger partial charge in [0.15, 0.2) is 57.6 Å². The Bertz CT molecular complexity index is 3360. The first kappa shape index (κ1) is 108. The van der Waals surface area contributed by atoms with Crippen molar-refractivity contribution in [2.24, 2.45) is 0 Å². The first-order valence-electron chi connectivity index (χ1n) is 54.3. The van der Waals surface area contributed by atoms with Gasteiger partial charge in [0, 0.05) is 22.3 Å². The average molecular weight is 1760 g/mol. The number of fused-ring (bicyclic) bond motifs is 2. The quantitative estimate of drug-likeness (QED) is 0.0342. The van der Waals surface area contributed by atoms with Gasteiger partial charge < -0.3 is 37.9 Å². The minimum absolute atomic E-state index is 0.207. The number of unbranched alkanes of at least 4 members (excludes halogenated alkanes) is 56. The Morgan fingerprint density at radius 3 is 0.406 bits per heavy atom. The SMILES string of the molecule is CCCCCCCCCCOc1ccc(-c2cc3c(cc2-c2ccc(OCCCCCCCCCC)c(OCCCCCCCCCC)c2)C(=O)c2cc(-c4ccc(OCCCCCCCCCC)c(OCCCCCCCCCC)c4)c(-c4ccc(OCCCCCCCCCC)c(OCCCCCCCCCC)c4)cc2C3=O)cc1OCCCCCCCCCC. The van der Waals surface area contributed by atoms with E-state index < -0.39 is 0 Å². The van der Waals surface area contributed by atoms with Crippen LogP contribution in [0.5, 0.6) is 46.0 Å². The van der Waals surface area contributed by atoms with Crippen molar-refractivity contribution in [3.8, 4) is 90.5 Å². The van der Waals surface area contributed by atoms with Crippen LogP contribution in [0.2, 0.25) is 0 Å². The number of carbonyl (C=O) groups is 2. The molecule has 10 heteroatoms. The van der Waals surface area contributed by atoms with Crippen LogP contribution in [0, 0.1) is 0 Å². The minimum Gasteiger partial charge on any atom is -0.490 e. The van der Waals surface area contributed by atoms with Gasteiger partial charge in [0.25, 0.3) is 0 Å². The molecule has 0 atom stereocenters. The summed E-state index contributed by atoms with van der Waals surface area (Å²) in [7, 11) is 0. The Hall–Kier alpha value is -6.94. The van der Waals surface area contributed by atoms with Gasteiger partial charge in [-0.15, -0.1) is 0 Å². The van der Waals surface area contributed by atoms with E-state index in [9.17, 15) is 0 Å². The summed E-state index contributed by atoms with van der Waals surface area (Å²) in [4.78, 5) is 33.1. The second kappa shape index (κ2) is 70.8. The van der Waals surface area contributed by atoms with Crippen molar-refractivity contribution in [3.05, 3.63) is 119 Å². The van der Waals surface area contributed by atoms with E-state index >= 15 is 9.59 Å². The lowest BCUT2D eigenvalue weighted by atomic mass is 9.78. The van der Waals surface area contributed by atoms with Crippen LogP contribution in [0.15, 0.2) is 97.1 Å². The van der Waals surface area contributed by atoms with E-state index in [1.54, 1.807) is 0 Å². The fraction of sp³-hybridized carbons (Fsp3) is 0.678. The third-order valence-electron chi connectivity index (χ3n) is 26.4. The Morgan fingerprint density at radius 1 is 0.141 bits per heavy atom. The Morgan fingerprint density at radius 2 is 0.266 bits per heavy atom. The summed E-state index contributed by atoms with van der Waals surface area (Å²) in [5, 5.41) is 0. The van der Waals surface area contributed by atoms with Crippen LogP contribution >= 0.6 is 0 Å². The van der Waals surface area contributed by atoms with Gasteiger partial charge in [0.05, 0.1) is 52.9 Å². The Labute approximate surface area is 783 Å². The highest BCUT2D eigenvalue weighted by molar-refractivity contribution is 6.30. The molecule has 0 bridgehead atoms. The Balaban J connectivity index is 1.40. The van der Waals surface area contributed by atoms with Gasteiger partial charge >= 0.3 is 0 Å². The second-order valence-corrected chi connectivity index (χ2v) is 37.8. The van der Waals surface area contributed by atoms with Gasteiger partial charge in [-0.25, -0.2) is 0 Å². The summed E-state index contributed by atoms with van der Waals surface area (Å²) in [6.45, 7) is 22.9. The molecule has 10 nitrogen and oxygen atoms in total. The maximum atomic E-state index is 16.5. The maximum absolute atomic E-state index is 16.5. The number of hydrogen-bond donors (Lipinski definition) is 0. The first-order chi connectivity index (χ1) is 63.2. The summed E-state index contributed by atoms with van der Waals surface area (Å²) in [5.74, 6) is 5.23. The number of ketones is 2. The van der Waals surface area contributed by atoms with Crippen LogP contribution in [0.3, 0.4) is 0 Å². The highest BCUT2D eigenvalue weighted by Gasteiger charge is 2.34. The standard InChI is InChI=1S/C118H184O10/c1-9-17-25-33-41-49-57-65-81-121-109-77-73-97(89-113(109)125-85-69-61-53-45-37-29-21-13-5)101-93-105-106(94-102(101)98-74-78-110(122-82-66-58-50-42-34-26-18-10-2)114(90-98)126-86-70-62-54-46-38-30-22-14-6)118(120)108-96-104(100-76-80-112(124-84-68-60-52-44-36-28-20-12-4)116(92-100)128-88-72-64-56-48-40-32-24-16-8)103(95-107(108)117(105)119)99-75-79-111(123-83-67-59-51-43-35-27-19-11-3)115(91-99)127-87-71-63-55-47-39-31-23-15-7/h73-80,89-96H,9-72,81-88H2,1-8H3. The van der Waals surface area contributed by atoms with Crippen molar-refractivity contribution in [2.75, 3.05) is 52.9 Å². The van der Waals surface area contributed by atoms with Crippen LogP contribution in [-0.2, 0) is 0 Å². The zero-order chi connectivity index (χ0) is 90.6. The van der Waals surface area contributed by atoms with Crippen molar-refractivity contribution < 1.29 is 47.5 Å². The normalized spacial score (nSPS) is 11.8. The summed E-state index contributed by atoms with van der Waals surface area (Å²) < 4.78 is 54.9. The second-order valence-electron chi connectivity index (χ2n) is 37.8. The molecule has 0 heterocycles. The van der Waals surface area contributed by atoms with Crippen molar-refractivity contribution in [1.82, 2.24) is 0 Å². The topological polar surface area (TPSA) is 108 Å². The monoisotopic (exact) mass is 1760 g/mol. The number of rotatable bonds is 84. The molecule has 7 rings (SSSR count). The van der Waals surface area contributed by atoms with Crippen LogP contribution in [-0.4, -0.2) is 64.4 Å². The van der Waals surface area contributed by atoms with E-state index in [1.807, 2.05) is 24.3 Å². The summed E-state index contributed by atoms with van der Waals surface area (Å²) in [6, 6.07) is 33.4. The van der Waals surface area contributed by atoms with Gasteiger partial charge in [0.2, 0.25) is 0 Å². The number of hydrogen-bond acceptors (Lipinski definition) is 10. The van der Waals surface area contributed by atoms with E-state index in [0.717, 1.165) is 170 Å². The molecule has 0 aliphatic heterocycles. The molecule has 0 saturated heterocycles. The summed E-state index contributed by atoms with van der Waals surface area (Å²) in [6.07, 6.45) is 77.1. The lowest BCUT2D eigenvalue weighted by Gasteiger charge is -2.24. The third-order valence-corrected chi connectivity index (χ3v) is 26.4. The fourth-order valence-corrected chi connectivity index (χ4v) is 18.2. The molecule has 0 N–H and O–H groups in total. The third kappa shape index (κ3) is 42.7. The largest absolute Gasteiger partial charge is 0.490 e. The first-order valence-corrected chi connectivity index (χ1v) is 54.3. The van der Waals surface area contributed by atoms with Crippen molar-refractivity contribution in [1.29, 1.82) is 0 Å². The van der Waals surface area contributed by atoms with Crippen LogP contribution in [0.25, 0.3) is 44.5 Å². The molecule has 0 aromatic heterocycles. The van der Waals surface area contributed by atoms with Crippen molar-refractivity contribution in [3.63, 3.8) is 0 Å². The average Bonchev–Trinajstić information content (AvgIpc) is 0.727. The maximum Gasteiger partial charge on any atom is 0.194 e. The van der Waals surface area contributed by atoms with Gasteiger partial charge in [-0.2, -0.15) is 0 Å². The van der Waals surface area contributed by atoms with Crippen molar-refractivity contribution in [2.45, 2.75) is 466 Å². The highest BCUT2D eigenvalue weighted by Crippen LogP contribution is 2.48. The molecular formula is C118H184O10. The fourth-order valence-electron chi connectivity index (χ4n) is 18.2. The molecular weight excluding hydrogens is 1580 g/mol. The molecule has 0 radical (unpaired) electrons. The summed E-state index contributed by atoms with van der Waals surface area (Å²) in [5.41, 5.74) is 8.14. The van der Waals surface area contributed by atoms with Crippen molar-refractivity contribution >= 4 is 11.6 Å². The Kier molecular flexibility index (Phi) is 59.8. The molecule has 0 saturated carbocycles. The van der Waals surface area contributed by atoms with Crippen LogP contribution < -0.4 is 37.9 Å². The molecule has 0 spiro atoms. The predicted octanol–water partition coefficient (Wildman–Crippen LogP) is 37.3. The molecule has 128 heavy (non-hydrogen) atoms. The van der Waals surface area contributed by atoms with E-state index in [2.05, 4.69) is 128 Å². The van der Waals surface area contributed by atoms with Crippen LogP contribution in [0.1, 0.15) is 498 Å². The highest BCUT2D eigenvalue weighted by atomic mass is 16.5. The van der Waals surface area contributed by atoms with Gasteiger partial charge in [0.1, 0.15) is 0 Å². The molecule has 6 aromatic rings. The van der Waals surface area contributed by atoms with Gasteiger partial charge in [-0.3, -0.25) is 9.59 Å². The number of carbonyl (C=O) groups excluding carboxylic acids is 2. The van der Waals surface area contributed by atoms with Crippen LogP contribution in [0.4, 0.5) is 0 Å². The lowest BCUT2D eigenvalue weighted by molar-refractivity contribution is 0.0979. The van der Waals surface area contributed by atoms with E-state index in [0.29, 0.717) is 98.1 Å². The zero-order valence-electron chi connectivity index (χ0n) is 83.2. The molecule has 0 unspecified atom stereocenters. The smallest absolute Gasteiger partial charge is 0.194 e. The number of benzene rings is 6. The van der Waals surface area contributed by atoms with E-state index in [-0.39, 0.29) is 11.6 Å². The zero-order valence-corrected chi connectivity index (χ0v) is 83.2. The molecule has 0 amide bonds. The molecule has 1 aliphatic carbocycles. The van der Waals surface area contributed by atoms with E-state index in [4.69, 9.17) is 37.9 Å². The van der Waals surface area contributed by atoms with E-state index in [1.165, 1.54) is 308 Å². The molecule has 0 fully saturated rings. The molecule has 1 aliphatic rings. The minimum atomic E-state index is -0.207. The number of ether oxygens (including phenoxy) is 8. The predicted molar refractivity (Wildman–Crippen MR) is 546 cm³/mol. The van der Waals surface area contributed by atoms with Gasteiger partial charge in [-0.05, 0) is 169 Å². The lowest BCUT2D eigenvalue weighted by Crippen LogP contribution is -2.22. The molecule has 716 valence electrons. The summed E-state index contributed by atoms with van der Waals surface area (Å²) >= 11 is 0. The van der Waals surface area contributed by atoms with Gasteiger partial charge in [-0.1, -0.05) is 439 Å².